The third-order valence-corrected chi connectivity index (χ3v) is 4.92. The fourth-order valence-corrected chi connectivity index (χ4v) is 3.66. The van der Waals surface area contributed by atoms with Crippen molar-refractivity contribution in [3.63, 3.8) is 0 Å². The van der Waals surface area contributed by atoms with Crippen molar-refractivity contribution in [1.82, 2.24) is 4.90 Å². The molecule has 0 amide bonds. The van der Waals surface area contributed by atoms with Gasteiger partial charge in [0.15, 0.2) is 12.1 Å². The average molecular weight is 394 g/mol. The molecule has 1 atom stereocenters. The number of rotatable bonds is 8. The Morgan fingerprint density at radius 3 is 2.48 bits per heavy atom. The predicted octanol–water partition coefficient (Wildman–Crippen LogP) is 3.43. The van der Waals surface area contributed by atoms with E-state index in [1.165, 1.54) is 7.11 Å². The van der Waals surface area contributed by atoms with Gasteiger partial charge in [0.25, 0.3) is 0 Å². The summed E-state index contributed by atoms with van der Waals surface area (Å²) < 4.78 is 16.7. The van der Waals surface area contributed by atoms with Crippen LogP contribution in [0.25, 0.3) is 5.57 Å². The first kappa shape index (κ1) is 21.0. The Bertz CT molecular complexity index is 874. The number of carbonyl (C=O) groups is 1. The van der Waals surface area contributed by atoms with Crippen LogP contribution in [0.2, 0.25) is 0 Å². The Labute approximate surface area is 171 Å². The second kappa shape index (κ2) is 9.66. The molecular weight excluding hydrogens is 368 g/mol. The van der Waals surface area contributed by atoms with Crippen molar-refractivity contribution >= 4 is 11.4 Å². The SMILES string of the molecule is CCOC(CN1C=C2CC(=O)C(OC)C=C2C(c2ccccc2)=C1C#N)OCC. The van der Waals surface area contributed by atoms with E-state index >= 15 is 0 Å². The smallest absolute Gasteiger partial charge is 0.175 e. The van der Waals surface area contributed by atoms with Crippen LogP contribution in [-0.4, -0.2) is 49.9 Å². The molecule has 0 bridgehead atoms. The van der Waals surface area contributed by atoms with E-state index in [9.17, 15) is 10.1 Å². The molecule has 0 radical (unpaired) electrons. The summed E-state index contributed by atoms with van der Waals surface area (Å²) in [4.78, 5) is 14.3. The summed E-state index contributed by atoms with van der Waals surface area (Å²) in [6.07, 6.45) is 2.86. The quantitative estimate of drug-likeness (QED) is 0.629. The molecule has 1 heterocycles. The molecule has 6 heteroatoms. The highest BCUT2D eigenvalue weighted by atomic mass is 16.7. The number of Topliss-reactive ketones (excluding diaryl/α,β-unsaturated/α-hetero) is 1. The highest BCUT2D eigenvalue weighted by Crippen LogP contribution is 2.41. The molecule has 0 saturated heterocycles. The van der Waals surface area contributed by atoms with Gasteiger partial charge in [-0.05, 0) is 36.6 Å². The van der Waals surface area contributed by atoms with Crippen LogP contribution >= 0.6 is 0 Å². The molecular formula is C23H26N2O4. The minimum absolute atomic E-state index is 0.00133. The van der Waals surface area contributed by atoms with Crippen LogP contribution in [0.4, 0.5) is 0 Å². The van der Waals surface area contributed by atoms with Crippen molar-refractivity contribution in [1.29, 1.82) is 5.26 Å². The largest absolute Gasteiger partial charge is 0.370 e. The molecule has 0 N–H and O–H groups in total. The van der Waals surface area contributed by atoms with Crippen molar-refractivity contribution in [3.8, 4) is 6.07 Å². The lowest BCUT2D eigenvalue weighted by Gasteiger charge is -2.35. The molecule has 3 rings (SSSR count). The first-order chi connectivity index (χ1) is 14.1. The predicted molar refractivity (Wildman–Crippen MR) is 109 cm³/mol. The molecule has 0 saturated carbocycles. The van der Waals surface area contributed by atoms with Gasteiger partial charge in [0.1, 0.15) is 17.9 Å². The Morgan fingerprint density at radius 1 is 1.21 bits per heavy atom. The lowest BCUT2D eigenvalue weighted by Crippen LogP contribution is -2.36. The average Bonchev–Trinajstić information content (AvgIpc) is 2.73. The Morgan fingerprint density at radius 2 is 1.90 bits per heavy atom. The molecule has 0 fully saturated rings. The van der Waals surface area contributed by atoms with E-state index in [2.05, 4.69) is 6.07 Å². The Balaban J connectivity index is 2.11. The number of nitriles is 1. The molecule has 1 aromatic carbocycles. The minimum Gasteiger partial charge on any atom is -0.370 e. The van der Waals surface area contributed by atoms with E-state index in [-0.39, 0.29) is 12.2 Å². The van der Waals surface area contributed by atoms with Crippen LogP contribution in [0.3, 0.4) is 0 Å². The van der Waals surface area contributed by atoms with Crippen LogP contribution in [0.1, 0.15) is 25.8 Å². The standard InChI is InChI=1S/C23H26N2O4/c1-4-28-22(29-5-2)15-25-14-17-11-20(26)21(27-3)12-18(17)23(19(25)13-24)16-9-7-6-8-10-16/h6-10,12,14,21-22H,4-5,11,15H2,1-3H3. The van der Waals surface area contributed by atoms with Crippen LogP contribution < -0.4 is 0 Å². The zero-order valence-electron chi connectivity index (χ0n) is 17.1. The number of ether oxygens (including phenoxy) is 3. The summed E-state index contributed by atoms with van der Waals surface area (Å²) in [5, 5.41) is 10.0. The molecule has 1 unspecified atom stereocenters. The number of hydrogen-bond donors (Lipinski definition) is 0. The summed E-state index contributed by atoms with van der Waals surface area (Å²) in [6.45, 7) is 5.18. The van der Waals surface area contributed by atoms with Crippen molar-refractivity contribution < 1.29 is 19.0 Å². The van der Waals surface area contributed by atoms with E-state index < -0.39 is 12.4 Å². The van der Waals surface area contributed by atoms with Gasteiger partial charge in [-0.25, -0.2) is 0 Å². The summed E-state index contributed by atoms with van der Waals surface area (Å²) in [5.41, 5.74) is 3.96. The molecule has 152 valence electrons. The highest BCUT2D eigenvalue weighted by molar-refractivity contribution is 5.98. The maximum absolute atomic E-state index is 12.4. The van der Waals surface area contributed by atoms with E-state index in [1.807, 2.05) is 61.4 Å². The summed E-state index contributed by atoms with van der Waals surface area (Å²) >= 11 is 0. The van der Waals surface area contributed by atoms with E-state index in [0.717, 1.165) is 22.3 Å². The molecule has 1 aromatic rings. The van der Waals surface area contributed by atoms with Gasteiger partial charge in [-0.3, -0.25) is 4.79 Å². The van der Waals surface area contributed by atoms with Crippen LogP contribution in [0.5, 0.6) is 0 Å². The number of ketones is 1. The van der Waals surface area contributed by atoms with Crippen molar-refractivity contribution in [2.45, 2.75) is 32.7 Å². The van der Waals surface area contributed by atoms with Crippen LogP contribution in [-0.2, 0) is 19.0 Å². The van der Waals surface area contributed by atoms with Gasteiger partial charge in [0.05, 0.1) is 6.54 Å². The number of benzene rings is 1. The third kappa shape index (κ3) is 4.48. The maximum Gasteiger partial charge on any atom is 0.175 e. The molecule has 29 heavy (non-hydrogen) atoms. The van der Waals surface area contributed by atoms with E-state index in [1.54, 1.807) is 0 Å². The summed E-state index contributed by atoms with van der Waals surface area (Å²) in [7, 11) is 1.52. The lowest BCUT2D eigenvalue weighted by molar-refractivity contribution is -0.140. The number of nitrogens with zero attached hydrogens (tertiary/aromatic N) is 2. The fraction of sp³-hybridized carbons (Fsp3) is 0.391. The zero-order chi connectivity index (χ0) is 20.8. The van der Waals surface area contributed by atoms with Crippen LogP contribution in [0.15, 0.2) is 59.5 Å². The maximum atomic E-state index is 12.4. The fourth-order valence-electron chi connectivity index (χ4n) is 3.66. The first-order valence-corrected chi connectivity index (χ1v) is 9.81. The van der Waals surface area contributed by atoms with Gasteiger partial charge in [-0.15, -0.1) is 0 Å². The topological polar surface area (TPSA) is 71.8 Å². The molecule has 0 aromatic heterocycles. The summed E-state index contributed by atoms with van der Waals surface area (Å²) in [5.74, 6) is 0.00133. The van der Waals surface area contributed by atoms with Gasteiger partial charge in [0, 0.05) is 38.5 Å². The molecule has 6 nitrogen and oxygen atoms in total. The lowest BCUT2D eigenvalue weighted by atomic mass is 9.81. The number of allylic oxidation sites excluding steroid dienone is 4. The second-order valence-corrected chi connectivity index (χ2v) is 6.73. The Kier molecular flexibility index (Phi) is 6.99. The number of hydrogen-bond acceptors (Lipinski definition) is 6. The number of methoxy groups -OCH3 is 1. The van der Waals surface area contributed by atoms with Gasteiger partial charge in [0.2, 0.25) is 0 Å². The number of carbonyl (C=O) groups excluding carboxylic acids is 1. The Hall–Kier alpha value is -2.72. The van der Waals surface area contributed by atoms with Crippen molar-refractivity contribution in [3.05, 3.63) is 65.0 Å². The van der Waals surface area contributed by atoms with E-state index in [0.29, 0.717) is 25.5 Å². The van der Waals surface area contributed by atoms with Gasteiger partial charge < -0.3 is 19.1 Å². The van der Waals surface area contributed by atoms with Crippen LogP contribution in [0, 0.1) is 11.3 Å². The van der Waals surface area contributed by atoms with Gasteiger partial charge in [-0.1, -0.05) is 30.3 Å². The second-order valence-electron chi connectivity index (χ2n) is 6.73. The highest BCUT2D eigenvalue weighted by Gasteiger charge is 2.34. The normalized spacial score (nSPS) is 19.1. The monoisotopic (exact) mass is 394 g/mol. The third-order valence-electron chi connectivity index (χ3n) is 4.92. The van der Waals surface area contributed by atoms with Crippen molar-refractivity contribution in [2.75, 3.05) is 26.9 Å². The molecule has 0 spiro atoms. The molecule has 1 aliphatic heterocycles. The minimum atomic E-state index is -0.605. The van der Waals surface area contributed by atoms with Gasteiger partial charge >= 0.3 is 0 Å². The van der Waals surface area contributed by atoms with Crippen molar-refractivity contribution in [2.24, 2.45) is 0 Å². The number of fused-ring (bicyclic) bond motifs is 1. The zero-order valence-corrected chi connectivity index (χ0v) is 17.1. The van der Waals surface area contributed by atoms with Gasteiger partial charge in [-0.2, -0.15) is 5.26 Å². The molecule has 1 aliphatic carbocycles. The van der Waals surface area contributed by atoms with E-state index in [4.69, 9.17) is 14.2 Å². The molecule has 2 aliphatic rings. The first-order valence-electron chi connectivity index (χ1n) is 9.81. The summed E-state index contributed by atoms with van der Waals surface area (Å²) in [6, 6.07) is 12.1.